The molecule has 1 aliphatic rings. The fourth-order valence-corrected chi connectivity index (χ4v) is 3.24. The van der Waals surface area contributed by atoms with Crippen LogP contribution in [-0.2, 0) is 0 Å². The van der Waals surface area contributed by atoms with Crippen LogP contribution in [0.2, 0.25) is 5.02 Å². The monoisotopic (exact) mass is 358 g/mol. The number of nitrogens with zero attached hydrogens (tertiary/aromatic N) is 2. The zero-order valence-electron chi connectivity index (χ0n) is 14.9. The van der Waals surface area contributed by atoms with E-state index in [1.54, 1.807) is 7.11 Å². The number of hydrogen-bond donors (Lipinski definition) is 0. The molecule has 3 rings (SSSR count). The SMILES string of the molecule is COc1cc(Cl)c(C)cc1N1CCN(C(=O)c2ccc(C)cc2)CC1. The van der Waals surface area contributed by atoms with Crippen molar-refractivity contribution in [1.82, 2.24) is 4.90 Å². The maximum atomic E-state index is 12.6. The summed E-state index contributed by atoms with van der Waals surface area (Å²) in [6.45, 7) is 6.94. The summed E-state index contributed by atoms with van der Waals surface area (Å²) in [5.74, 6) is 0.868. The maximum Gasteiger partial charge on any atom is 0.253 e. The fourth-order valence-electron chi connectivity index (χ4n) is 3.09. The van der Waals surface area contributed by atoms with E-state index in [4.69, 9.17) is 16.3 Å². The van der Waals surface area contributed by atoms with Crippen molar-refractivity contribution in [1.29, 1.82) is 0 Å². The summed E-state index contributed by atoms with van der Waals surface area (Å²) in [5.41, 5.74) is 3.97. The van der Waals surface area contributed by atoms with Crippen molar-refractivity contribution < 1.29 is 9.53 Å². The summed E-state index contributed by atoms with van der Waals surface area (Å²) in [4.78, 5) is 16.8. The molecule has 0 N–H and O–H groups in total. The van der Waals surface area contributed by atoms with Crippen LogP contribution in [0.5, 0.6) is 5.75 Å². The molecule has 1 fully saturated rings. The van der Waals surface area contributed by atoms with E-state index in [9.17, 15) is 4.79 Å². The molecular formula is C20H23ClN2O2. The molecule has 0 saturated carbocycles. The lowest BCUT2D eigenvalue weighted by Gasteiger charge is -2.37. The van der Waals surface area contributed by atoms with Gasteiger partial charge >= 0.3 is 0 Å². The third kappa shape index (κ3) is 3.74. The van der Waals surface area contributed by atoms with E-state index in [2.05, 4.69) is 11.0 Å². The van der Waals surface area contributed by atoms with E-state index >= 15 is 0 Å². The van der Waals surface area contributed by atoms with E-state index in [0.717, 1.165) is 41.2 Å². The molecule has 1 aliphatic heterocycles. The minimum Gasteiger partial charge on any atom is -0.495 e. The Labute approximate surface area is 154 Å². The zero-order chi connectivity index (χ0) is 18.0. The highest BCUT2D eigenvalue weighted by Crippen LogP contribution is 2.34. The first kappa shape index (κ1) is 17.6. The fraction of sp³-hybridized carbons (Fsp3) is 0.350. The third-order valence-corrected chi connectivity index (χ3v) is 5.07. The van der Waals surface area contributed by atoms with Crippen LogP contribution >= 0.6 is 11.6 Å². The van der Waals surface area contributed by atoms with Gasteiger partial charge in [0.15, 0.2) is 0 Å². The quantitative estimate of drug-likeness (QED) is 0.833. The molecule has 0 radical (unpaired) electrons. The largest absolute Gasteiger partial charge is 0.495 e. The molecule has 25 heavy (non-hydrogen) atoms. The van der Waals surface area contributed by atoms with E-state index in [-0.39, 0.29) is 5.91 Å². The van der Waals surface area contributed by atoms with Gasteiger partial charge in [0.25, 0.3) is 5.91 Å². The van der Waals surface area contributed by atoms with Crippen molar-refractivity contribution in [2.24, 2.45) is 0 Å². The number of halogens is 1. The van der Waals surface area contributed by atoms with E-state index in [1.165, 1.54) is 0 Å². The summed E-state index contributed by atoms with van der Waals surface area (Å²) in [7, 11) is 1.65. The molecule has 1 amide bonds. The maximum absolute atomic E-state index is 12.6. The van der Waals surface area contributed by atoms with Gasteiger partial charge in [0, 0.05) is 42.8 Å². The summed E-state index contributed by atoms with van der Waals surface area (Å²) in [6, 6.07) is 11.7. The third-order valence-electron chi connectivity index (χ3n) is 4.67. The molecule has 0 aromatic heterocycles. The minimum atomic E-state index is 0.0962. The second kappa shape index (κ2) is 7.36. The van der Waals surface area contributed by atoms with Gasteiger partial charge in [0.2, 0.25) is 0 Å². The lowest BCUT2D eigenvalue weighted by Crippen LogP contribution is -2.48. The Morgan fingerprint density at radius 1 is 1.04 bits per heavy atom. The molecule has 0 unspecified atom stereocenters. The average molecular weight is 359 g/mol. The van der Waals surface area contributed by atoms with E-state index in [1.807, 2.05) is 49.1 Å². The number of aryl methyl sites for hydroxylation is 2. The van der Waals surface area contributed by atoms with Gasteiger partial charge in [-0.05, 0) is 37.6 Å². The molecule has 1 heterocycles. The second-order valence-electron chi connectivity index (χ2n) is 6.42. The Bertz CT molecular complexity index is 766. The van der Waals surface area contributed by atoms with Crippen LogP contribution in [0.3, 0.4) is 0 Å². The van der Waals surface area contributed by atoms with Crippen LogP contribution in [0.1, 0.15) is 21.5 Å². The molecule has 0 bridgehead atoms. The Kier molecular flexibility index (Phi) is 5.19. The minimum absolute atomic E-state index is 0.0962. The molecular weight excluding hydrogens is 336 g/mol. The molecule has 0 spiro atoms. The number of carbonyl (C=O) groups excluding carboxylic acids is 1. The molecule has 5 heteroatoms. The molecule has 132 valence electrons. The highest BCUT2D eigenvalue weighted by Gasteiger charge is 2.24. The number of ether oxygens (including phenoxy) is 1. The molecule has 4 nitrogen and oxygen atoms in total. The number of methoxy groups -OCH3 is 1. The van der Waals surface area contributed by atoms with Crippen molar-refractivity contribution >= 4 is 23.2 Å². The lowest BCUT2D eigenvalue weighted by atomic mass is 10.1. The van der Waals surface area contributed by atoms with Gasteiger partial charge in [-0.25, -0.2) is 0 Å². The number of benzene rings is 2. The second-order valence-corrected chi connectivity index (χ2v) is 6.83. The van der Waals surface area contributed by atoms with E-state index < -0.39 is 0 Å². The van der Waals surface area contributed by atoms with Crippen LogP contribution in [0.4, 0.5) is 5.69 Å². The zero-order valence-corrected chi connectivity index (χ0v) is 15.6. The van der Waals surface area contributed by atoms with Crippen LogP contribution in [0.25, 0.3) is 0 Å². The van der Waals surface area contributed by atoms with Gasteiger partial charge < -0.3 is 14.5 Å². The molecule has 0 aliphatic carbocycles. The lowest BCUT2D eigenvalue weighted by molar-refractivity contribution is 0.0746. The highest BCUT2D eigenvalue weighted by molar-refractivity contribution is 6.31. The Hall–Kier alpha value is -2.20. The van der Waals surface area contributed by atoms with Crippen LogP contribution < -0.4 is 9.64 Å². The normalized spacial score (nSPS) is 14.6. The topological polar surface area (TPSA) is 32.8 Å². The van der Waals surface area contributed by atoms with E-state index in [0.29, 0.717) is 18.1 Å². The smallest absolute Gasteiger partial charge is 0.253 e. The van der Waals surface area contributed by atoms with Crippen LogP contribution in [-0.4, -0.2) is 44.1 Å². The van der Waals surface area contributed by atoms with Crippen molar-refractivity contribution in [2.75, 3.05) is 38.2 Å². The predicted octanol–water partition coefficient (Wildman–Crippen LogP) is 3.93. The van der Waals surface area contributed by atoms with Gasteiger partial charge in [-0.15, -0.1) is 0 Å². The number of hydrogen-bond acceptors (Lipinski definition) is 3. The number of anilines is 1. The number of rotatable bonds is 3. The summed E-state index contributed by atoms with van der Waals surface area (Å²) < 4.78 is 5.48. The average Bonchev–Trinajstić information content (AvgIpc) is 2.64. The van der Waals surface area contributed by atoms with Crippen molar-refractivity contribution in [2.45, 2.75) is 13.8 Å². The molecule has 0 atom stereocenters. The number of amides is 1. The Morgan fingerprint density at radius 2 is 1.68 bits per heavy atom. The van der Waals surface area contributed by atoms with Gasteiger partial charge in [-0.2, -0.15) is 0 Å². The Morgan fingerprint density at radius 3 is 2.28 bits per heavy atom. The van der Waals surface area contributed by atoms with Gasteiger partial charge in [-0.1, -0.05) is 29.3 Å². The first-order chi connectivity index (χ1) is 12.0. The summed E-state index contributed by atoms with van der Waals surface area (Å²) in [5, 5.41) is 0.703. The first-order valence-electron chi connectivity index (χ1n) is 8.44. The molecule has 1 saturated heterocycles. The van der Waals surface area contributed by atoms with Crippen LogP contribution in [0, 0.1) is 13.8 Å². The standard InChI is InChI=1S/C20H23ClN2O2/c1-14-4-6-16(7-5-14)20(24)23-10-8-22(9-11-23)18-12-15(2)17(21)13-19(18)25-3/h4-7,12-13H,8-11H2,1-3H3. The summed E-state index contributed by atoms with van der Waals surface area (Å²) in [6.07, 6.45) is 0. The highest BCUT2D eigenvalue weighted by atomic mass is 35.5. The van der Waals surface area contributed by atoms with Crippen LogP contribution in [0.15, 0.2) is 36.4 Å². The summed E-state index contributed by atoms with van der Waals surface area (Å²) >= 11 is 6.20. The number of piperazine rings is 1. The predicted molar refractivity (Wildman–Crippen MR) is 102 cm³/mol. The number of carbonyl (C=O) groups is 1. The van der Waals surface area contributed by atoms with Crippen molar-refractivity contribution in [3.8, 4) is 5.75 Å². The molecule has 2 aromatic carbocycles. The first-order valence-corrected chi connectivity index (χ1v) is 8.82. The molecule has 2 aromatic rings. The van der Waals surface area contributed by atoms with Gasteiger partial charge in [0.1, 0.15) is 5.75 Å². The van der Waals surface area contributed by atoms with Gasteiger partial charge in [-0.3, -0.25) is 4.79 Å². The van der Waals surface area contributed by atoms with Crippen molar-refractivity contribution in [3.63, 3.8) is 0 Å². The van der Waals surface area contributed by atoms with Gasteiger partial charge in [0.05, 0.1) is 12.8 Å². The Balaban J connectivity index is 1.71. The van der Waals surface area contributed by atoms with Crippen molar-refractivity contribution in [3.05, 3.63) is 58.1 Å².